The van der Waals surface area contributed by atoms with Crippen LogP contribution >= 0.6 is 0 Å². The summed E-state index contributed by atoms with van der Waals surface area (Å²) in [5.41, 5.74) is 9.90. The molecular weight excluding hydrogens is 252 g/mol. The summed E-state index contributed by atoms with van der Waals surface area (Å²) in [7, 11) is 1.38. The first-order valence-electron chi connectivity index (χ1n) is 6.38. The topological polar surface area (TPSA) is 64.3 Å². The first kappa shape index (κ1) is 13.9. The van der Waals surface area contributed by atoms with E-state index in [9.17, 15) is 4.79 Å². The van der Waals surface area contributed by atoms with Gasteiger partial charge in [0.1, 0.15) is 0 Å². The van der Waals surface area contributed by atoms with Crippen LogP contribution < -0.4 is 11.1 Å². The highest BCUT2D eigenvalue weighted by Crippen LogP contribution is 2.20. The monoisotopic (exact) mass is 270 g/mol. The van der Waals surface area contributed by atoms with Gasteiger partial charge in [0.25, 0.3) is 0 Å². The van der Waals surface area contributed by atoms with Crippen LogP contribution in [0.3, 0.4) is 0 Å². The normalized spacial score (nSPS) is 10.1. The van der Waals surface area contributed by atoms with Gasteiger partial charge in [-0.2, -0.15) is 0 Å². The van der Waals surface area contributed by atoms with Crippen molar-refractivity contribution in [3.63, 3.8) is 0 Å². The van der Waals surface area contributed by atoms with E-state index in [0.717, 1.165) is 22.5 Å². The van der Waals surface area contributed by atoms with Crippen LogP contribution in [0.2, 0.25) is 0 Å². The SMILES string of the molecule is COC(=O)c1cc(C)ccc1NCc1ccccc1N. The number of aryl methyl sites for hydroxylation is 1. The summed E-state index contributed by atoms with van der Waals surface area (Å²) in [5.74, 6) is -0.350. The number of hydrogen-bond acceptors (Lipinski definition) is 4. The molecule has 2 aromatic carbocycles. The zero-order valence-electron chi connectivity index (χ0n) is 11.6. The minimum absolute atomic E-state index is 0.350. The van der Waals surface area contributed by atoms with Gasteiger partial charge in [-0.1, -0.05) is 29.8 Å². The molecule has 0 unspecified atom stereocenters. The van der Waals surface area contributed by atoms with Crippen molar-refractivity contribution in [2.45, 2.75) is 13.5 Å². The number of rotatable bonds is 4. The second kappa shape index (κ2) is 6.10. The Hall–Kier alpha value is -2.49. The molecule has 4 nitrogen and oxygen atoms in total. The highest BCUT2D eigenvalue weighted by Gasteiger charge is 2.12. The van der Waals surface area contributed by atoms with Crippen LogP contribution in [0.25, 0.3) is 0 Å². The Morgan fingerprint density at radius 3 is 2.70 bits per heavy atom. The van der Waals surface area contributed by atoms with Crippen molar-refractivity contribution < 1.29 is 9.53 Å². The Kier molecular flexibility index (Phi) is 4.25. The first-order chi connectivity index (χ1) is 9.61. The Balaban J connectivity index is 2.21. The first-order valence-corrected chi connectivity index (χ1v) is 6.38. The molecular formula is C16H18N2O2. The van der Waals surface area contributed by atoms with E-state index in [1.807, 2.05) is 49.4 Å². The van der Waals surface area contributed by atoms with Gasteiger partial charge >= 0.3 is 5.97 Å². The maximum absolute atomic E-state index is 11.8. The lowest BCUT2D eigenvalue weighted by molar-refractivity contribution is 0.0601. The molecule has 3 N–H and O–H groups in total. The van der Waals surface area contributed by atoms with Crippen molar-refractivity contribution in [3.05, 3.63) is 59.2 Å². The molecule has 0 bridgehead atoms. The van der Waals surface area contributed by atoms with E-state index in [0.29, 0.717) is 12.1 Å². The fourth-order valence-corrected chi connectivity index (χ4v) is 1.98. The summed E-state index contributed by atoms with van der Waals surface area (Å²) in [5, 5.41) is 3.23. The number of nitrogens with two attached hydrogens (primary N) is 1. The number of para-hydroxylation sites is 1. The lowest BCUT2D eigenvalue weighted by Crippen LogP contribution is -2.09. The minimum atomic E-state index is -0.350. The molecule has 0 radical (unpaired) electrons. The summed E-state index contributed by atoms with van der Waals surface area (Å²) in [6, 6.07) is 13.3. The van der Waals surface area contributed by atoms with Crippen LogP contribution in [0.15, 0.2) is 42.5 Å². The smallest absolute Gasteiger partial charge is 0.339 e. The highest BCUT2D eigenvalue weighted by molar-refractivity contribution is 5.95. The molecule has 0 atom stereocenters. The van der Waals surface area contributed by atoms with Crippen LogP contribution in [-0.4, -0.2) is 13.1 Å². The number of nitrogens with one attached hydrogen (secondary N) is 1. The van der Waals surface area contributed by atoms with E-state index in [-0.39, 0.29) is 5.97 Å². The number of benzene rings is 2. The average molecular weight is 270 g/mol. The van der Waals surface area contributed by atoms with Crippen LogP contribution in [-0.2, 0) is 11.3 Å². The van der Waals surface area contributed by atoms with Crippen molar-refractivity contribution in [2.24, 2.45) is 0 Å². The molecule has 0 aliphatic rings. The molecule has 2 aromatic rings. The Labute approximate surface area is 118 Å². The molecule has 0 saturated heterocycles. The van der Waals surface area contributed by atoms with Gasteiger partial charge < -0.3 is 15.8 Å². The van der Waals surface area contributed by atoms with Crippen molar-refractivity contribution >= 4 is 17.3 Å². The molecule has 0 aliphatic carbocycles. The number of anilines is 2. The Morgan fingerprint density at radius 1 is 1.25 bits per heavy atom. The number of hydrogen-bond donors (Lipinski definition) is 2. The van der Waals surface area contributed by atoms with E-state index in [2.05, 4.69) is 5.32 Å². The van der Waals surface area contributed by atoms with Crippen molar-refractivity contribution in [1.29, 1.82) is 0 Å². The van der Waals surface area contributed by atoms with Crippen LogP contribution in [0, 0.1) is 6.92 Å². The maximum atomic E-state index is 11.8. The van der Waals surface area contributed by atoms with Crippen LogP contribution in [0.1, 0.15) is 21.5 Å². The van der Waals surface area contributed by atoms with Gasteiger partial charge in [0.15, 0.2) is 0 Å². The van der Waals surface area contributed by atoms with Crippen molar-refractivity contribution in [3.8, 4) is 0 Å². The van der Waals surface area contributed by atoms with Crippen molar-refractivity contribution in [1.82, 2.24) is 0 Å². The highest BCUT2D eigenvalue weighted by atomic mass is 16.5. The molecule has 4 heteroatoms. The summed E-state index contributed by atoms with van der Waals surface area (Å²) >= 11 is 0. The molecule has 0 aromatic heterocycles. The van der Waals surface area contributed by atoms with Gasteiger partial charge in [0.05, 0.1) is 12.7 Å². The van der Waals surface area contributed by atoms with Gasteiger partial charge in [-0.3, -0.25) is 0 Å². The van der Waals surface area contributed by atoms with E-state index < -0.39 is 0 Å². The molecule has 0 heterocycles. The third-order valence-electron chi connectivity index (χ3n) is 3.10. The number of methoxy groups -OCH3 is 1. The Bertz CT molecular complexity index is 624. The average Bonchev–Trinajstić information content (AvgIpc) is 2.46. The quantitative estimate of drug-likeness (QED) is 0.662. The van der Waals surface area contributed by atoms with Gasteiger partial charge in [-0.05, 0) is 30.7 Å². The van der Waals surface area contributed by atoms with Gasteiger partial charge in [0, 0.05) is 17.9 Å². The number of carbonyl (C=O) groups excluding carboxylic acids is 1. The predicted octanol–water partition coefficient (Wildman–Crippen LogP) is 2.98. The molecule has 0 spiro atoms. The lowest BCUT2D eigenvalue weighted by Gasteiger charge is -2.12. The van der Waals surface area contributed by atoms with Gasteiger partial charge in [-0.15, -0.1) is 0 Å². The standard InChI is InChI=1S/C16H18N2O2/c1-11-7-8-15(13(9-11)16(19)20-2)18-10-12-5-3-4-6-14(12)17/h3-9,18H,10,17H2,1-2H3. The minimum Gasteiger partial charge on any atom is -0.465 e. The maximum Gasteiger partial charge on any atom is 0.339 e. The van der Waals surface area contributed by atoms with E-state index in [4.69, 9.17) is 10.5 Å². The van der Waals surface area contributed by atoms with Crippen molar-refractivity contribution in [2.75, 3.05) is 18.2 Å². The predicted molar refractivity (Wildman–Crippen MR) is 80.7 cm³/mol. The zero-order chi connectivity index (χ0) is 14.5. The second-order valence-corrected chi connectivity index (χ2v) is 4.59. The number of nitrogen functional groups attached to an aromatic ring is 1. The molecule has 0 fully saturated rings. The second-order valence-electron chi connectivity index (χ2n) is 4.59. The van der Waals surface area contributed by atoms with Gasteiger partial charge in [0.2, 0.25) is 0 Å². The summed E-state index contributed by atoms with van der Waals surface area (Å²) in [4.78, 5) is 11.8. The zero-order valence-corrected chi connectivity index (χ0v) is 11.6. The van der Waals surface area contributed by atoms with Crippen LogP contribution in [0.4, 0.5) is 11.4 Å². The third kappa shape index (κ3) is 3.09. The Morgan fingerprint density at radius 2 is 2.00 bits per heavy atom. The van der Waals surface area contributed by atoms with Crippen LogP contribution in [0.5, 0.6) is 0 Å². The molecule has 0 amide bonds. The fourth-order valence-electron chi connectivity index (χ4n) is 1.98. The number of ether oxygens (including phenoxy) is 1. The number of carbonyl (C=O) groups is 1. The third-order valence-corrected chi connectivity index (χ3v) is 3.10. The summed E-state index contributed by atoms with van der Waals surface area (Å²) < 4.78 is 4.80. The molecule has 0 saturated carbocycles. The van der Waals surface area contributed by atoms with E-state index >= 15 is 0 Å². The fraction of sp³-hybridized carbons (Fsp3) is 0.188. The van der Waals surface area contributed by atoms with Gasteiger partial charge in [-0.25, -0.2) is 4.79 Å². The summed E-state index contributed by atoms with van der Waals surface area (Å²) in [6.45, 7) is 2.49. The van der Waals surface area contributed by atoms with E-state index in [1.165, 1.54) is 7.11 Å². The van der Waals surface area contributed by atoms with E-state index in [1.54, 1.807) is 0 Å². The number of esters is 1. The molecule has 20 heavy (non-hydrogen) atoms. The lowest BCUT2D eigenvalue weighted by atomic mass is 10.1. The largest absolute Gasteiger partial charge is 0.465 e. The molecule has 0 aliphatic heterocycles. The summed E-state index contributed by atoms with van der Waals surface area (Å²) in [6.07, 6.45) is 0. The molecule has 2 rings (SSSR count). The molecule has 104 valence electrons.